The van der Waals surface area contributed by atoms with Crippen LogP contribution in [0.2, 0.25) is 0 Å². The van der Waals surface area contributed by atoms with Gasteiger partial charge in [-0.1, -0.05) is 24.8 Å². The van der Waals surface area contributed by atoms with Gasteiger partial charge in [0.15, 0.2) is 0 Å². The summed E-state index contributed by atoms with van der Waals surface area (Å²) >= 11 is 0. The Morgan fingerprint density at radius 1 is 1.03 bits per heavy atom. The number of hydrogen-bond acceptors (Lipinski definition) is 7. The van der Waals surface area contributed by atoms with Crippen molar-refractivity contribution in [2.75, 3.05) is 23.3 Å². The van der Waals surface area contributed by atoms with Gasteiger partial charge < -0.3 is 19.9 Å². The summed E-state index contributed by atoms with van der Waals surface area (Å²) in [5, 5.41) is 11.4. The second-order valence-corrected chi connectivity index (χ2v) is 9.20. The summed E-state index contributed by atoms with van der Waals surface area (Å²) in [6.45, 7) is 8.90. The maximum atomic E-state index is 12.6. The molecule has 188 valence electrons. The van der Waals surface area contributed by atoms with E-state index < -0.39 is 11.9 Å². The Kier molecular flexibility index (Phi) is 6.42. The van der Waals surface area contributed by atoms with E-state index >= 15 is 0 Å². The molecule has 1 aromatic carbocycles. The van der Waals surface area contributed by atoms with Crippen molar-refractivity contribution in [3.8, 4) is 5.88 Å². The van der Waals surface area contributed by atoms with Crippen LogP contribution in [0.15, 0.2) is 67.0 Å². The zero-order chi connectivity index (χ0) is 25.3. The lowest BCUT2D eigenvalue weighted by Gasteiger charge is -2.37. The van der Waals surface area contributed by atoms with Crippen LogP contribution < -0.4 is 15.0 Å². The normalized spacial score (nSPS) is 19.0. The Morgan fingerprint density at radius 3 is 2.39 bits per heavy atom. The predicted molar refractivity (Wildman–Crippen MR) is 130 cm³/mol. The summed E-state index contributed by atoms with van der Waals surface area (Å²) in [6, 6.07) is 15.3. The fourth-order valence-corrected chi connectivity index (χ4v) is 4.77. The van der Waals surface area contributed by atoms with E-state index in [0.717, 1.165) is 36.6 Å². The minimum Gasteiger partial charge on any atom is -0.472 e. The van der Waals surface area contributed by atoms with Crippen molar-refractivity contribution in [3.05, 3.63) is 83.8 Å². The third-order valence-electron chi connectivity index (χ3n) is 6.61. The standard InChI is InChI=1S/C26H27F3N6O/c1-17(2)34-14-22-11-21(34)15-35(22)20-6-3-18(4-7-20)12-31-24-9-10-25(33-32-24)36-16-19-5-8-23(30-13-19)26(27,28)29/h3-10,13,21-22H,1,11-12,14-16H2,2H3,(H,31,32). The highest BCUT2D eigenvalue weighted by Crippen LogP contribution is 2.36. The van der Waals surface area contributed by atoms with Crippen molar-refractivity contribution in [2.24, 2.45) is 0 Å². The Balaban J connectivity index is 1.09. The van der Waals surface area contributed by atoms with E-state index in [1.807, 2.05) is 0 Å². The van der Waals surface area contributed by atoms with E-state index in [1.165, 1.54) is 18.2 Å². The smallest absolute Gasteiger partial charge is 0.433 e. The first-order valence-electron chi connectivity index (χ1n) is 11.8. The van der Waals surface area contributed by atoms with Crippen LogP contribution in [0.5, 0.6) is 5.88 Å². The van der Waals surface area contributed by atoms with E-state index in [9.17, 15) is 13.2 Å². The summed E-state index contributed by atoms with van der Waals surface area (Å²) in [5.41, 5.74) is 3.10. The second-order valence-electron chi connectivity index (χ2n) is 9.20. The van der Waals surface area contributed by atoms with Crippen molar-refractivity contribution in [1.29, 1.82) is 0 Å². The first kappa shape index (κ1) is 23.9. The number of ether oxygens (including phenoxy) is 1. The molecule has 2 aromatic heterocycles. The summed E-state index contributed by atoms with van der Waals surface area (Å²) in [4.78, 5) is 8.33. The van der Waals surface area contributed by atoms with Gasteiger partial charge in [0.05, 0.1) is 0 Å². The van der Waals surface area contributed by atoms with Gasteiger partial charge in [-0.05, 0) is 43.2 Å². The van der Waals surface area contributed by atoms with Crippen LogP contribution in [0.3, 0.4) is 0 Å². The maximum Gasteiger partial charge on any atom is 0.433 e. The zero-order valence-corrected chi connectivity index (χ0v) is 19.9. The second kappa shape index (κ2) is 9.67. The number of allylic oxidation sites excluding steroid dienone is 1. The Bertz CT molecular complexity index is 1200. The molecule has 5 rings (SSSR count). The van der Waals surface area contributed by atoms with E-state index in [2.05, 4.69) is 68.1 Å². The highest BCUT2D eigenvalue weighted by Gasteiger charge is 2.42. The first-order valence-corrected chi connectivity index (χ1v) is 11.8. The summed E-state index contributed by atoms with van der Waals surface area (Å²) in [7, 11) is 0. The topological polar surface area (TPSA) is 66.4 Å². The molecule has 2 fully saturated rings. The Morgan fingerprint density at radius 2 is 1.81 bits per heavy atom. The number of likely N-dealkylation sites (tertiary alicyclic amines) is 1. The molecule has 2 atom stereocenters. The van der Waals surface area contributed by atoms with Crippen molar-refractivity contribution >= 4 is 11.5 Å². The number of hydrogen-bond donors (Lipinski definition) is 1. The van der Waals surface area contributed by atoms with Crippen LogP contribution in [0.25, 0.3) is 0 Å². The highest BCUT2D eigenvalue weighted by atomic mass is 19.4. The van der Waals surface area contributed by atoms with Gasteiger partial charge in [-0.2, -0.15) is 13.2 Å². The molecule has 0 amide bonds. The molecule has 2 bridgehead atoms. The van der Waals surface area contributed by atoms with E-state index in [1.54, 1.807) is 12.1 Å². The van der Waals surface area contributed by atoms with Crippen LogP contribution in [0.1, 0.15) is 30.2 Å². The average molecular weight is 497 g/mol. The molecule has 0 aliphatic carbocycles. The lowest BCUT2D eigenvalue weighted by atomic mass is 10.1. The average Bonchev–Trinajstić information content (AvgIpc) is 3.49. The fraction of sp³-hybridized carbons (Fsp3) is 0.346. The van der Waals surface area contributed by atoms with Gasteiger partial charge in [0.1, 0.15) is 18.1 Å². The summed E-state index contributed by atoms with van der Waals surface area (Å²) < 4.78 is 43.3. The minimum atomic E-state index is -4.46. The van der Waals surface area contributed by atoms with E-state index in [0.29, 0.717) is 30.0 Å². The fourth-order valence-electron chi connectivity index (χ4n) is 4.77. The lowest BCUT2D eigenvalue weighted by Crippen LogP contribution is -2.45. The maximum absolute atomic E-state index is 12.6. The highest BCUT2D eigenvalue weighted by molar-refractivity contribution is 5.51. The van der Waals surface area contributed by atoms with Gasteiger partial charge >= 0.3 is 6.18 Å². The van der Waals surface area contributed by atoms with Crippen molar-refractivity contribution in [3.63, 3.8) is 0 Å². The quantitative estimate of drug-likeness (QED) is 0.477. The van der Waals surface area contributed by atoms with Gasteiger partial charge in [0, 0.05) is 60.9 Å². The van der Waals surface area contributed by atoms with Gasteiger partial charge in [-0.15, -0.1) is 10.2 Å². The van der Waals surface area contributed by atoms with Crippen LogP contribution in [-0.2, 0) is 19.3 Å². The van der Waals surface area contributed by atoms with Gasteiger partial charge in [0.2, 0.25) is 5.88 Å². The molecule has 2 saturated heterocycles. The van der Waals surface area contributed by atoms with Gasteiger partial charge in [-0.25, -0.2) is 0 Å². The number of fused-ring (bicyclic) bond motifs is 2. The predicted octanol–water partition coefficient (Wildman–Crippen LogP) is 4.88. The van der Waals surface area contributed by atoms with Crippen molar-refractivity contribution < 1.29 is 17.9 Å². The molecular formula is C26H27F3N6O. The molecule has 1 N–H and O–H groups in total. The molecule has 0 saturated carbocycles. The molecular weight excluding hydrogens is 469 g/mol. The number of anilines is 2. The molecule has 36 heavy (non-hydrogen) atoms. The summed E-state index contributed by atoms with van der Waals surface area (Å²) in [6.07, 6.45) is -2.13. The molecule has 10 heteroatoms. The lowest BCUT2D eigenvalue weighted by molar-refractivity contribution is -0.141. The minimum absolute atomic E-state index is 0.0444. The largest absolute Gasteiger partial charge is 0.472 e. The Labute approximate surface area is 207 Å². The number of halogens is 3. The molecule has 0 radical (unpaired) electrons. The molecule has 3 aromatic rings. The first-order chi connectivity index (χ1) is 17.3. The van der Waals surface area contributed by atoms with Gasteiger partial charge in [-0.3, -0.25) is 4.98 Å². The van der Waals surface area contributed by atoms with Crippen LogP contribution in [0.4, 0.5) is 24.7 Å². The van der Waals surface area contributed by atoms with Crippen molar-refractivity contribution in [2.45, 2.75) is 44.8 Å². The number of rotatable bonds is 8. The third-order valence-corrected chi connectivity index (χ3v) is 6.61. The zero-order valence-electron chi connectivity index (χ0n) is 19.9. The number of benzene rings is 1. The molecule has 2 aliphatic rings. The molecule has 0 spiro atoms. The van der Waals surface area contributed by atoms with Crippen LogP contribution in [-0.4, -0.2) is 45.3 Å². The number of nitrogens with zero attached hydrogens (tertiary/aromatic N) is 5. The number of alkyl halides is 3. The summed E-state index contributed by atoms with van der Waals surface area (Å²) in [5.74, 6) is 0.870. The van der Waals surface area contributed by atoms with Crippen molar-refractivity contribution in [1.82, 2.24) is 20.1 Å². The molecule has 2 aliphatic heterocycles. The SMILES string of the molecule is C=C(C)N1CC2CC1CN2c1ccc(CNc2ccc(OCc3ccc(C(F)(F)F)nc3)nn2)cc1. The molecule has 4 heterocycles. The Hall–Kier alpha value is -3.82. The van der Waals surface area contributed by atoms with Crippen LogP contribution in [0, 0.1) is 0 Å². The van der Waals surface area contributed by atoms with Gasteiger partial charge in [0.25, 0.3) is 0 Å². The van der Waals surface area contributed by atoms with Crippen LogP contribution >= 0.6 is 0 Å². The van der Waals surface area contributed by atoms with E-state index in [4.69, 9.17) is 4.74 Å². The molecule has 7 nitrogen and oxygen atoms in total. The molecule has 2 unspecified atom stereocenters. The number of nitrogens with one attached hydrogen (secondary N) is 1. The number of piperazine rings is 1. The number of pyridine rings is 1. The van der Waals surface area contributed by atoms with E-state index in [-0.39, 0.29) is 12.5 Å². The monoisotopic (exact) mass is 496 g/mol. The third kappa shape index (κ3) is 5.22. The number of aromatic nitrogens is 3.